The Morgan fingerprint density at radius 2 is 2.42 bits per heavy atom. The van der Waals surface area contributed by atoms with Gasteiger partial charge >= 0.3 is 0 Å². The molecule has 2 rings (SSSR count). The minimum Gasteiger partial charge on any atom is -0.364 e. The summed E-state index contributed by atoms with van der Waals surface area (Å²) >= 11 is 0. The van der Waals surface area contributed by atoms with E-state index in [0.29, 0.717) is 6.10 Å². The van der Waals surface area contributed by atoms with Gasteiger partial charge in [0, 0.05) is 18.8 Å². The molecular formula is C9H16N2O. The van der Waals surface area contributed by atoms with Gasteiger partial charge in [0.05, 0.1) is 12.6 Å². The Labute approximate surface area is 73.4 Å². The lowest BCUT2D eigenvalue weighted by Crippen LogP contribution is -2.52. The largest absolute Gasteiger partial charge is 0.364 e. The molecule has 2 aliphatic heterocycles. The van der Waals surface area contributed by atoms with Gasteiger partial charge in [-0.3, -0.25) is 4.99 Å². The highest BCUT2D eigenvalue weighted by Gasteiger charge is 2.31. The van der Waals surface area contributed by atoms with E-state index in [1.165, 1.54) is 5.71 Å². The van der Waals surface area contributed by atoms with Crippen molar-refractivity contribution in [1.29, 1.82) is 0 Å². The number of fused-ring (bicyclic) bond motifs is 2. The summed E-state index contributed by atoms with van der Waals surface area (Å²) in [6, 6.07) is 0. The van der Waals surface area contributed by atoms with Crippen molar-refractivity contribution >= 4 is 5.71 Å². The molecule has 0 saturated carbocycles. The highest BCUT2D eigenvalue weighted by Crippen LogP contribution is 2.17. The molecule has 2 atom stereocenters. The van der Waals surface area contributed by atoms with E-state index in [-0.39, 0.29) is 6.10 Å². The second-order valence-electron chi connectivity index (χ2n) is 3.65. The molecule has 2 heterocycles. The maximum Gasteiger partial charge on any atom is 0.108 e. The van der Waals surface area contributed by atoms with Crippen molar-refractivity contribution in [2.24, 2.45) is 4.99 Å². The summed E-state index contributed by atoms with van der Waals surface area (Å²) in [5.41, 5.74) is 1.25. The van der Waals surface area contributed by atoms with Crippen LogP contribution in [-0.2, 0) is 4.74 Å². The van der Waals surface area contributed by atoms with Crippen molar-refractivity contribution in [3.8, 4) is 0 Å². The molecular weight excluding hydrogens is 152 g/mol. The number of ether oxygens (including phenoxy) is 1. The van der Waals surface area contributed by atoms with E-state index in [0.717, 1.165) is 26.1 Å². The summed E-state index contributed by atoms with van der Waals surface area (Å²) in [6.07, 6.45) is 1.67. The first-order valence-electron chi connectivity index (χ1n) is 4.66. The lowest BCUT2D eigenvalue weighted by atomic mass is 10.1. The molecule has 0 amide bonds. The fraction of sp³-hybridized carbons (Fsp3) is 0.889. The zero-order valence-electron chi connectivity index (χ0n) is 7.79. The molecule has 0 aromatic carbocycles. The van der Waals surface area contributed by atoms with Crippen LogP contribution in [0, 0.1) is 0 Å². The molecule has 0 radical (unpaired) electrons. The zero-order valence-corrected chi connectivity index (χ0v) is 7.79. The minimum atomic E-state index is 0.285. The number of aliphatic imine (C=N–C) groups is 1. The number of nitrogens with zero attached hydrogens (tertiary/aromatic N) is 2. The third-order valence-corrected chi connectivity index (χ3v) is 2.58. The van der Waals surface area contributed by atoms with Crippen LogP contribution >= 0.6 is 0 Å². The molecule has 0 N–H and O–H groups in total. The Balaban J connectivity index is 2.12. The van der Waals surface area contributed by atoms with Gasteiger partial charge < -0.3 is 9.64 Å². The van der Waals surface area contributed by atoms with Crippen LogP contribution in [-0.4, -0.2) is 49.5 Å². The van der Waals surface area contributed by atoms with Gasteiger partial charge in [0.1, 0.15) is 6.10 Å². The molecule has 3 nitrogen and oxygen atoms in total. The highest BCUT2D eigenvalue weighted by molar-refractivity contribution is 5.89. The monoisotopic (exact) mass is 168 g/mol. The van der Waals surface area contributed by atoms with Gasteiger partial charge in [-0.05, 0) is 13.5 Å². The molecule has 0 spiro atoms. The van der Waals surface area contributed by atoms with Gasteiger partial charge in [-0.2, -0.15) is 0 Å². The predicted molar refractivity (Wildman–Crippen MR) is 48.8 cm³/mol. The summed E-state index contributed by atoms with van der Waals surface area (Å²) in [4.78, 5) is 6.87. The summed E-state index contributed by atoms with van der Waals surface area (Å²) in [6.45, 7) is 5.07. The van der Waals surface area contributed by atoms with E-state index in [9.17, 15) is 0 Å². The van der Waals surface area contributed by atoms with E-state index >= 15 is 0 Å². The molecule has 1 saturated heterocycles. The lowest BCUT2D eigenvalue weighted by molar-refractivity contribution is -0.0503. The van der Waals surface area contributed by atoms with Gasteiger partial charge in [-0.15, -0.1) is 0 Å². The molecule has 12 heavy (non-hydrogen) atoms. The Morgan fingerprint density at radius 1 is 1.58 bits per heavy atom. The summed E-state index contributed by atoms with van der Waals surface area (Å²) in [5.74, 6) is 0. The second kappa shape index (κ2) is 3.15. The van der Waals surface area contributed by atoms with Gasteiger partial charge in [-0.1, -0.05) is 6.92 Å². The molecule has 0 unspecified atom stereocenters. The van der Waals surface area contributed by atoms with Crippen molar-refractivity contribution in [1.82, 2.24) is 4.90 Å². The Kier molecular flexibility index (Phi) is 2.15. The molecule has 1 fully saturated rings. The van der Waals surface area contributed by atoms with Crippen LogP contribution in [0.25, 0.3) is 0 Å². The van der Waals surface area contributed by atoms with Gasteiger partial charge in [-0.25, -0.2) is 0 Å². The van der Waals surface area contributed by atoms with E-state index in [1.807, 2.05) is 0 Å². The van der Waals surface area contributed by atoms with Crippen LogP contribution in [0.4, 0.5) is 0 Å². The average Bonchev–Trinajstić information content (AvgIpc) is 2.04. The first kappa shape index (κ1) is 8.20. The second-order valence-corrected chi connectivity index (χ2v) is 3.65. The number of likely N-dealkylation sites (N-methyl/N-ethyl adjacent to an activating group) is 1. The third kappa shape index (κ3) is 1.39. The summed E-state index contributed by atoms with van der Waals surface area (Å²) in [7, 11) is 2.15. The van der Waals surface area contributed by atoms with Crippen molar-refractivity contribution in [3.63, 3.8) is 0 Å². The first-order valence-corrected chi connectivity index (χ1v) is 4.66. The topological polar surface area (TPSA) is 24.8 Å². The predicted octanol–water partition coefficient (Wildman–Crippen LogP) is 0.550. The van der Waals surface area contributed by atoms with Crippen LogP contribution in [0.3, 0.4) is 0 Å². The van der Waals surface area contributed by atoms with Crippen molar-refractivity contribution in [3.05, 3.63) is 0 Å². The fourth-order valence-corrected chi connectivity index (χ4v) is 1.97. The normalized spacial score (nSPS) is 36.3. The number of hydrogen-bond donors (Lipinski definition) is 0. The maximum atomic E-state index is 5.82. The standard InChI is InChI=1S/C9H16N2O/c1-3-8-9-6-11(2)5-7(12-9)4-10-8/h7,9H,3-6H2,1-2H3/t7-,9-/m1/s1. The number of rotatable bonds is 1. The van der Waals surface area contributed by atoms with Crippen LogP contribution in [0.15, 0.2) is 4.99 Å². The van der Waals surface area contributed by atoms with Crippen LogP contribution in [0.1, 0.15) is 13.3 Å². The van der Waals surface area contributed by atoms with Crippen molar-refractivity contribution in [2.75, 3.05) is 26.7 Å². The quantitative estimate of drug-likeness (QED) is 0.571. The van der Waals surface area contributed by atoms with Crippen LogP contribution in [0.5, 0.6) is 0 Å². The smallest absolute Gasteiger partial charge is 0.108 e. The molecule has 3 heteroatoms. The molecule has 2 bridgehead atoms. The Morgan fingerprint density at radius 3 is 3.17 bits per heavy atom. The Bertz CT molecular complexity index is 203. The van der Waals surface area contributed by atoms with E-state index in [4.69, 9.17) is 4.74 Å². The minimum absolute atomic E-state index is 0.285. The van der Waals surface area contributed by atoms with E-state index < -0.39 is 0 Å². The fourth-order valence-electron chi connectivity index (χ4n) is 1.97. The average molecular weight is 168 g/mol. The molecule has 2 aliphatic rings. The van der Waals surface area contributed by atoms with E-state index in [2.05, 4.69) is 23.9 Å². The van der Waals surface area contributed by atoms with Crippen LogP contribution in [0.2, 0.25) is 0 Å². The molecule has 0 aliphatic carbocycles. The molecule has 0 aromatic rings. The lowest BCUT2D eigenvalue weighted by Gasteiger charge is -2.39. The van der Waals surface area contributed by atoms with Gasteiger partial charge in [0.15, 0.2) is 0 Å². The zero-order chi connectivity index (χ0) is 8.55. The Hall–Kier alpha value is -0.410. The number of morpholine rings is 1. The summed E-state index contributed by atoms with van der Waals surface area (Å²) in [5, 5.41) is 0. The number of hydrogen-bond acceptors (Lipinski definition) is 3. The van der Waals surface area contributed by atoms with Crippen molar-refractivity contribution < 1.29 is 4.74 Å². The third-order valence-electron chi connectivity index (χ3n) is 2.58. The maximum absolute atomic E-state index is 5.82. The van der Waals surface area contributed by atoms with Gasteiger partial charge in [0.2, 0.25) is 0 Å². The summed E-state index contributed by atoms with van der Waals surface area (Å²) < 4.78 is 5.82. The van der Waals surface area contributed by atoms with E-state index in [1.54, 1.807) is 0 Å². The SMILES string of the molecule is CCC1=NC[C@@H]2CN(C)C[C@H]1O2. The van der Waals surface area contributed by atoms with Gasteiger partial charge in [0.25, 0.3) is 0 Å². The van der Waals surface area contributed by atoms with Crippen LogP contribution < -0.4 is 0 Å². The molecule has 68 valence electrons. The van der Waals surface area contributed by atoms with Crippen molar-refractivity contribution in [2.45, 2.75) is 25.6 Å². The molecule has 0 aromatic heterocycles. The first-order chi connectivity index (χ1) is 5.79. The highest BCUT2D eigenvalue weighted by atomic mass is 16.5.